The average Bonchev–Trinajstić information content (AvgIpc) is 3.37. The summed E-state index contributed by atoms with van der Waals surface area (Å²) in [6.45, 7) is 2.71. The lowest BCUT2D eigenvalue weighted by Gasteiger charge is -2.35. The van der Waals surface area contributed by atoms with Gasteiger partial charge >= 0.3 is 0 Å². The lowest BCUT2D eigenvalue weighted by molar-refractivity contribution is 0.0671. The molecular formula is C21H17ClN4O2. The number of nitrogens with zero attached hydrogens (tertiary/aromatic N) is 4. The largest absolute Gasteiger partial charge is 0.472 e. The maximum atomic E-state index is 13.2. The highest BCUT2D eigenvalue weighted by Crippen LogP contribution is 2.34. The summed E-state index contributed by atoms with van der Waals surface area (Å²) in [5.74, 6) is -0.103. The van der Waals surface area contributed by atoms with Crippen molar-refractivity contribution >= 4 is 23.2 Å². The molecule has 1 unspecified atom stereocenters. The van der Waals surface area contributed by atoms with Gasteiger partial charge in [0.15, 0.2) is 11.3 Å². The summed E-state index contributed by atoms with van der Waals surface area (Å²) in [7, 11) is 0. The number of halogens is 1. The van der Waals surface area contributed by atoms with E-state index in [-0.39, 0.29) is 11.9 Å². The molecule has 0 N–H and O–H groups in total. The molecule has 0 radical (unpaired) electrons. The third-order valence-electron chi connectivity index (χ3n) is 5.30. The van der Waals surface area contributed by atoms with Gasteiger partial charge in [0, 0.05) is 24.4 Å². The molecule has 0 aliphatic carbocycles. The molecule has 3 aromatic heterocycles. The summed E-state index contributed by atoms with van der Waals surface area (Å²) in [5.41, 5.74) is 5.51. The van der Waals surface area contributed by atoms with Crippen LogP contribution in [0, 0.1) is 0 Å². The Balaban J connectivity index is 1.48. The van der Waals surface area contributed by atoms with Gasteiger partial charge < -0.3 is 9.32 Å². The van der Waals surface area contributed by atoms with Crippen LogP contribution in [0.4, 0.5) is 0 Å². The molecule has 6 nitrogen and oxygen atoms in total. The van der Waals surface area contributed by atoms with Crippen molar-refractivity contribution in [2.75, 3.05) is 6.54 Å². The number of hydrogen-bond donors (Lipinski definition) is 0. The molecule has 140 valence electrons. The van der Waals surface area contributed by atoms with E-state index in [9.17, 15) is 4.79 Å². The van der Waals surface area contributed by atoms with Gasteiger partial charge in [0.1, 0.15) is 0 Å². The molecule has 1 amide bonds. The lowest BCUT2D eigenvalue weighted by atomic mass is 9.90. The van der Waals surface area contributed by atoms with Crippen molar-refractivity contribution in [2.45, 2.75) is 19.4 Å². The van der Waals surface area contributed by atoms with Crippen LogP contribution in [-0.2, 0) is 6.42 Å². The second kappa shape index (κ2) is 6.49. The van der Waals surface area contributed by atoms with Crippen molar-refractivity contribution in [3.05, 3.63) is 77.1 Å². The standard InChI is InChI=1S/C21H17ClN4O2/c1-13-18-8-15(16-5-7-28-12-16)3-2-14(18)4-6-25(13)21(27)19-9-20-23-10-17(22)11-26(20)24-19/h2-3,5,7-13H,4,6H2,1H3. The molecule has 1 aliphatic heterocycles. The van der Waals surface area contributed by atoms with E-state index in [0.717, 1.165) is 23.1 Å². The fraction of sp³-hybridized carbons (Fsp3) is 0.190. The van der Waals surface area contributed by atoms with Gasteiger partial charge in [0.2, 0.25) is 0 Å². The number of carbonyl (C=O) groups is 1. The minimum absolute atomic E-state index is 0.0514. The number of aromatic nitrogens is 3. The Morgan fingerprint density at radius 2 is 2.14 bits per heavy atom. The molecule has 0 saturated carbocycles. The highest BCUT2D eigenvalue weighted by Gasteiger charge is 2.30. The van der Waals surface area contributed by atoms with Crippen LogP contribution in [-0.4, -0.2) is 31.9 Å². The Labute approximate surface area is 166 Å². The van der Waals surface area contributed by atoms with E-state index in [1.807, 2.05) is 11.0 Å². The summed E-state index contributed by atoms with van der Waals surface area (Å²) >= 11 is 5.97. The molecular weight excluding hydrogens is 376 g/mol. The third kappa shape index (κ3) is 2.77. The monoisotopic (exact) mass is 392 g/mol. The van der Waals surface area contributed by atoms with Crippen molar-refractivity contribution in [3.8, 4) is 11.1 Å². The van der Waals surface area contributed by atoms with Gasteiger partial charge in [-0.2, -0.15) is 5.10 Å². The van der Waals surface area contributed by atoms with E-state index in [2.05, 4.69) is 35.2 Å². The minimum atomic E-state index is -0.103. The van der Waals surface area contributed by atoms with Gasteiger partial charge in [-0.05, 0) is 42.2 Å². The van der Waals surface area contributed by atoms with Gasteiger partial charge in [0.05, 0.1) is 29.8 Å². The Morgan fingerprint density at radius 3 is 2.96 bits per heavy atom. The normalized spacial score (nSPS) is 16.4. The number of carbonyl (C=O) groups excluding carboxylic acids is 1. The van der Waals surface area contributed by atoms with E-state index < -0.39 is 0 Å². The maximum Gasteiger partial charge on any atom is 0.274 e. The lowest BCUT2D eigenvalue weighted by Crippen LogP contribution is -2.39. The zero-order valence-electron chi connectivity index (χ0n) is 15.2. The van der Waals surface area contributed by atoms with Gasteiger partial charge in [0.25, 0.3) is 5.91 Å². The van der Waals surface area contributed by atoms with Gasteiger partial charge in [-0.1, -0.05) is 23.7 Å². The van der Waals surface area contributed by atoms with E-state index in [1.165, 1.54) is 10.1 Å². The van der Waals surface area contributed by atoms with Crippen LogP contribution >= 0.6 is 11.6 Å². The second-order valence-corrected chi connectivity index (χ2v) is 7.39. The summed E-state index contributed by atoms with van der Waals surface area (Å²) in [6.07, 6.45) is 7.40. The summed E-state index contributed by atoms with van der Waals surface area (Å²) in [6, 6.07) is 9.98. The van der Waals surface area contributed by atoms with Crippen molar-refractivity contribution in [2.24, 2.45) is 0 Å². The predicted molar refractivity (Wildman–Crippen MR) is 105 cm³/mol. The first-order valence-electron chi connectivity index (χ1n) is 9.07. The highest BCUT2D eigenvalue weighted by molar-refractivity contribution is 6.30. The van der Waals surface area contributed by atoms with E-state index >= 15 is 0 Å². The number of benzene rings is 1. The first-order valence-corrected chi connectivity index (χ1v) is 9.45. The molecule has 1 aromatic carbocycles. The molecule has 0 spiro atoms. The van der Waals surface area contributed by atoms with Crippen LogP contribution in [0.25, 0.3) is 16.8 Å². The van der Waals surface area contributed by atoms with Gasteiger partial charge in [-0.25, -0.2) is 9.50 Å². The topological polar surface area (TPSA) is 63.6 Å². The van der Waals surface area contributed by atoms with Crippen LogP contribution in [0.1, 0.15) is 34.6 Å². The molecule has 1 atom stereocenters. The van der Waals surface area contributed by atoms with Crippen molar-refractivity contribution in [3.63, 3.8) is 0 Å². The Kier molecular flexibility index (Phi) is 3.94. The highest BCUT2D eigenvalue weighted by atomic mass is 35.5. The molecule has 5 rings (SSSR count). The zero-order valence-corrected chi connectivity index (χ0v) is 15.9. The fourth-order valence-corrected chi connectivity index (χ4v) is 3.95. The van der Waals surface area contributed by atoms with E-state index in [1.54, 1.807) is 31.0 Å². The fourth-order valence-electron chi connectivity index (χ4n) is 3.81. The number of fused-ring (bicyclic) bond motifs is 2. The molecule has 28 heavy (non-hydrogen) atoms. The number of hydrogen-bond acceptors (Lipinski definition) is 4. The minimum Gasteiger partial charge on any atom is -0.472 e. The Bertz CT molecular complexity index is 1180. The van der Waals surface area contributed by atoms with Crippen LogP contribution in [0.5, 0.6) is 0 Å². The Morgan fingerprint density at radius 1 is 1.25 bits per heavy atom. The maximum absolute atomic E-state index is 13.2. The number of rotatable bonds is 2. The average molecular weight is 393 g/mol. The first-order chi connectivity index (χ1) is 13.6. The van der Waals surface area contributed by atoms with Crippen LogP contribution in [0.3, 0.4) is 0 Å². The molecule has 7 heteroatoms. The van der Waals surface area contributed by atoms with Crippen molar-refractivity contribution in [1.29, 1.82) is 0 Å². The predicted octanol–water partition coefficient (Wildman–Crippen LogP) is 4.40. The zero-order chi connectivity index (χ0) is 19.3. The third-order valence-corrected chi connectivity index (χ3v) is 5.50. The van der Waals surface area contributed by atoms with Crippen molar-refractivity contribution in [1.82, 2.24) is 19.5 Å². The first kappa shape index (κ1) is 17.0. The summed E-state index contributed by atoms with van der Waals surface area (Å²) in [5, 5.41) is 4.84. The van der Waals surface area contributed by atoms with Crippen LogP contribution in [0.15, 0.2) is 59.7 Å². The summed E-state index contributed by atoms with van der Waals surface area (Å²) in [4.78, 5) is 19.2. The van der Waals surface area contributed by atoms with Gasteiger partial charge in [-0.15, -0.1) is 0 Å². The van der Waals surface area contributed by atoms with Crippen molar-refractivity contribution < 1.29 is 9.21 Å². The number of amides is 1. The molecule has 4 aromatic rings. The SMILES string of the molecule is CC1c2cc(-c3ccoc3)ccc2CCN1C(=O)c1cc2ncc(Cl)cn2n1. The number of furan rings is 1. The smallest absolute Gasteiger partial charge is 0.274 e. The van der Waals surface area contributed by atoms with Crippen LogP contribution in [0.2, 0.25) is 5.02 Å². The second-order valence-electron chi connectivity index (χ2n) is 6.95. The van der Waals surface area contributed by atoms with Gasteiger partial charge in [-0.3, -0.25) is 4.79 Å². The molecule has 0 saturated heterocycles. The Hall–Kier alpha value is -3.12. The molecule has 0 bridgehead atoms. The van der Waals surface area contributed by atoms with Crippen LogP contribution < -0.4 is 0 Å². The summed E-state index contributed by atoms with van der Waals surface area (Å²) < 4.78 is 6.74. The van der Waals surface area contributed by atoms with E-state index in [4.69, 9.17) is 16.0 Å². The molecule has 1 aliphatic rings. The molecule has 4 heterocycles. The van der Waals surface area contributed by atoms with E-state index in [0.29, 0.717) is 22.9 Å². The quantitative estimate of drug-likeness (QED) is 0.507. The molecule has 0 fully saturated rings.